The van der Waals surface area contributed by atoms with Gasteiger partial charge >= 0.3 is 5.97 Å². The first-order valence-corrected chi connectivity index (χ1v) is 6.80. The van der Waals surface area contributed by atoms with Crippen LogP contribution in [-0.4, -0.2) is 18.7 Å². The van der Waals surface area contributed by atoms with Crippen molar-refractivity contribution in [3.8, 4) is 17.6 Å². The number of hydrogen-bond donors (Lipinski definition) is 0. The highest BCUT2D eigenvalue weighted by atomic mass is 16.6. The lowest BCUT2D eigenvalue weighted by Crippen LogP contribution is -2.37. The lowest BCUT2D eigenvalue weighted by atomic mass is 10.1. The molecule has 0 aliphatic carbocycles. The van der Waals surface area contributed by atoms with Crippen LogP contribution in [0.4, 0.5) is 0 Å². The summed E-state index contributed by atoms with van der Waals surface area (Å²) in [6, 6.07) is 16.1. The maximum absolute atomic E-state index is 12.0. The van der Waals surface area contributed by atoms with Crippen LogP contribution in [0, 0.1) is 11.3 Å². The molecule has 0 saturated heterocycles. The Morgan fingerprint density at radius 2 is 2.05 bits per heavy atom. The fourth-order valence-electron chi connectivity index (χ4n) is 2.11. The Labute approximate surface area is 127 Å². The number of esters is 1. The van der Waals surface area contributed by atoms with Crippen molar-refractivity contribution in [3.05, 3.63) is 59.7 Å². The predicted octanol–water partition coefficient (Wildman–Crippen LogP) is 2.44. The first-order chi connectivity index (χ1) is 10.8. The van der Waals surface area contributed by atoms with Crippen LogP contribution in [0.15, 0.2) is 48.5 Å². The number of nitriles is 1. The van der Waals surface area contributed by atoms with E-state index in [1.54, 1.807) is 36.4 Å². The highest BCUT2D eigenvalue weighted by Gasteiger charge is 2.28. The Hall–Kier alpha value is -3.00. The normalized spacial score (nSPS) is 15.7. The highest BCUT2D eigenvalue weighted by molar-refractivity contribution is 5.76. The van der Waals surface area contributed by atoms with Gasteiger partial charge in [0.2, 0.25) is 6.10 Å². The molecular weight excluding hydrogens is 282 g/mol. The second-order valence-electron chi connectivity index (χ2n) is 4.78. The summed E-state index contributed by atoms with van der Waals surface area (Å²) in [7, 11) is 0. The maximum atomic E-state index is 12.0. The van der Waals surface area contributed by atoms with E-state index in [9.17, 15) is 4.79 Å². The van der Waals surface area contributed by atoms with Gasteiger partial charge in [-0.25, -0.2) is 4.79 Å². The summed E-state index contributed by atoms with van der Waals surface area (Å²) >= 11 is 0. The van der Waals surface area contributed by atoms with Crippen molar-refractivity contribution in [3.63, 3.8) is 0 Å². The summed E-state index contributed by atoms with van der Waals surface area (Å²) in [5, 5.41) is 8.84. The monoisotopic (exact) mass is 295 g/mol. The molecule has 1 heterocycles. The second kappa shape index (κ2) is 6.19. The van der Waals surface area contributed by atoms with Crippen molar-refractivity contribution in [1.29, 1.82) is 5.26 Å². The molecule has 0 bridgehead atoms. The van der Waals surface area contributed by atoms with Gasteiger partial charge in [0.05, 0.1) is 11.6 Å². The molecule has 3 rings (SSSR count). The van der Waals surface area contributed by atoms with E-state index in [1.807, 2.05) is 18.2 Å². The van der Waals surface area contributed by atoms with Crippen molar-refractivity contribution in [2.24, 2.45) is 0 Å². The van der Waals surface area contributed by atoms with Crippen molar-refractivity contribution >= 4 is 5.97 Å². The number of hydrogen-bond acceptors (Lipinski definition) is 5. The van der Waals surface area contributed by atoms with Crippen LogP contribution < -0.4 is 9.47 Å². The zero-order valence-electron chi connectivity index (χ0n) is 11.7. The standard InChI is InChI=1S/C17H13NO4/c18-9-12-4-3-5-13(8-12)10-21-17(19)16-11-20-14-6-1-2-7-15(14)22-16/h1-8,16H,10-11H2/t16-/m0/s1. The number of benzene rings is 2. The molecule has 0 radical (unpaired) electrons. The second-order valence-corrected chi connectivity index (χ2v) is 4.78. The van der Waals surface area contributed by atoms with Crippen LogP contribution in [0.2, 0.25) is 0 Å². The number of rotatable bonds is 3. The Morgan fingerprint density at radius 1 is 1.23 bits per heavy atom. The van der Waals surface area contributed by atoms with Crippen LogP contribution in [0.3, 0.4) is 0 Å². The molecule has 1 aliphatic rings. The number of carbonyl (C=O) groups excluding carboxylic acids is 1. The molecular formula is C17H13NO4. The number of carbonyl (C=O) groups is 1. The highest BCUT2D eigenvalue weighted by Crippen LogP contribution is 2.31. The molecule has 5 nitrogen and oxygen atoms in total. The fraction of sp³-hybridized carbons (Fsp3) is 0.176. The minimum absolute atomic E-state index is 0.0931. The molecule has 0 aromatic heterocycles. The summed E-state index contributed by atoms with van der Waals surface area (Å²) in [5.74, 6) is 0.660. The number of fused-ring (bicyclic) bond motifs is 1. The smallest absolute Gasteiger partial charge is 0.351 e. The van der Waals surface area contributed by atoms with E-state index >= 15 is 0 Å². The topological polar surface area (TPSA) is 68.5 Å². The van der Waals surface area contributed by atoms with Crippen LogP contribution in [0.5, 0.6) is 11.5 Å². The summed E-state index contributed by atoms with van der Waals surface area (Å²) in [4.78, 5) is 12.0. The molecule has 2 aromatic rings. The van der Waals surface area contributed by atoms with E-state index in [2.05, 4.69) is 0 Å². The zero-order chi connectivity index (χ0) is 15.4. The van der Waals surface area contributed by atoms with Crippen LogP contribution in [0.25, 0.3) is 0 Å². The minimum Gasteiger partial charge on any atom is -0.485 e. The van der Waals surface area contributed by atoms with Gasteiger partial charge in [0.1, 0.15) is 13.2 Å². The summed E-state index contributed by atoms with van der Waals surface area (Å²) in [6.45, 7) is 0.212. The largest absolute Gasteiger partial charge is 0.485 e. The van der Waals surface area contributed by atoms with Gasteiger partial charge in [0.25, 0.3) is 0 Å². The maximum Gasteiger partial charge on any atom is 0.351 e. The van der Waals surface area contributed by atoms with Gasteiger partial charge < -0.3 is 14.2 Å². The molecule has 1 aliphatic heterocycles. The quantitative estimate of drug-likeness (QED) is 0.813. The van der Waals surface area contributed by atoms with Gasteiger partial charge in [0.15, 0.2) is 11.5 Å². The van der Waals surface area contributed by atoms with Gasteiger partial charge in [-0.15, -0.1) is 0 Å². The average molecular weight is 295 g/mol. The molecule has 0 unspecified atom stereocenters. The van der Waals surface area contributed by atoms with E-state index in [1.165, 1.54) is 0 Å². The van der Waals surface area contributed by atoms with Crippen molar-refractivity contribution in [2.75, 3.05) is 6.61 Å². The van der Waals surface area contributed by atoms with Crippen molar-refractivity contribution in [1.82, 2.24) is 0 Å². The molecule has 0 fully saturated rings. The average Bonchev–Trinajstić information content (AvgIpc) is 2.59. The molecule has 0 saturated carbocycles. The van der Waals surface area contributed by atoms with Gasteiger partial charge in [-0.2, -0.15) is 5.26 Å². The summed E-state index contributed by atoms with van der Waals surface area (Å²) < 4.78 is 16.3. The number of nitrogens with zero attached hydrogens (tertiary/aromatic N) is 1. The molecule has 110 valence electrons. The van der Waals surface area contributed by atoms with E-state index in [-0.39, 0.29) is 13.2 Å². The zero-order valence-corrected chi connectivity index (χ0v) is 11.7. The Bertz CT molecular complexity index is 735. The van der Waals surface area contributed by atoms with Crippen LogP contribution >= 0.6 is 0 Å². The van der Waals surface area contributed by atoms with E-state index in [4.69, 9.17) is 19.5 Å². The predicted molar refractivity (Wildman–Crippen MR) is 77.3 cm³/mol. The minimum atomic E-state index is -0.783. The molecule has 0 spiro atoms. The Kier molecular flexibility index (Phi) is 3.92. The van der Waals surface area contributed by atoms with E-state index in [0.29, 0.717) is 17.1 Å². The third-order valence-corrected chi connectivity index (χ3v) is 3.21. The van der Waals surface area contributed by atoms with Crippen molar-refractivity contribution < 1.29 is 19.0 Å². The summed E-state index contributed by atoms with van der Waals surface area (Å²) in [5.41, 5.74) is 1.28. The van der Waals surface area contributed by atoms with Crippen LogP contribution in [0.1, 0.15) is 11.1 Å². The lowest BCUT2D eigenvalue weighted by molar-refractivity contribution is -0.155. The van der Waals surface area contributed by atoms with Gasteiger partial charge in [0, 0.05) is 0 Å². The van der Waals surface area contributed by atoms with E-state index in [0.717, 1.165) is 5.56 Å². The molecule has 1 atom stereocenters. The summed E-state index contributed by atoms with van der Waals surface area (Å²) in [6.07, 6.45) is -0.783. The van der Waals surface area contributed by atoms with Gasteiger partial charge in [-0.1, -0.05) is 24.3 Å². The molecule has 2 aromatic carbocycles. The van der Waals surface area contributed by atoms with Gasteiger partial charge in [-0.3, -0.25) is 0 Å². The third kappa shape index (κ3) is 3.01. The first kappa shape index (κ1) is 14.0. The van der Waals surface area contributed by atoms with E-state index < -0.39 is 12.1 Å². The van der Waals surface area contributed by atoms with Crippen LogP contribution in [-0.2, 0) is 16.1 Å². The number of para-hydroxylation sites is 2. The molecule has 5 heteroatoms. The first-order valence-electron chi connectivity index (χ1n) is 6.80. The van der Waals surface area contributed by atoms with Gasteiger partial charge in [-0.05, 0) is 29.8 Å². The third-order valence-electron chi connectivity index (χ3n) is 3.21. The molecule has 22 heavy (non-hydrogen) atoms. The SMILES string of the molecule is N#Cc1cccc(COC(=O)[C@@H]2COc3ccccc3O2)c1. The fourth-order valence-corrected chi connectivity index (χ4v) is 2.11. The Morgan fingerprint density at radius 3 is 2.86 bits per heavy atom. The Balaban J connectivity index is 1.60. The molecule has 0 N–H and O–H groups in total. The number of ether oxygens (including phenoxy) is 3. The van der Waals surface area contributed by atoms with Crippen molar-refractivity contribution in [2.45, 2.75) is 12.7 Å². The molecule has 0 amide bonds. The lowest BCUT2D eigenvalue weighted by Gasteiger charge is -2.24.